The molecule has 1 N–H and O–H groups in total. The number of morpholine rings is 1. The van der Waals surface area contributed by atoms with Crippen LogP contribution in [0.3, 0.4) is 0 Å². The molecule has 0 aliphatic carbocycles. The van der Waals surface area contributed by atoms with Crippen LogP contribution in [-0.4, -0.2) is 54.7 Å². The average Bonchev–Trinajstić information content (AvgIpc) is 3.42. The van der Waals surface area contributed by atoms with Gasteiger partial charge in [-0.3, -0.25) is 4.79 Å². The molecule has 3 heterocycles. The maximum atomic E-state index is 13.2. The van der Waals surface area contributed by atoms with E-state index in [0.717, 1.165) is 39.6 Å². The lowest BCUT2D eigenvalue weighted by atomic mass is 10.1. The van der Waals surface area contributed by atoms with Crippen LogP contribution < -0.4 is 5.32 Å². The summed E-state index contributed by atoms with van der Waals surface area (Å²) >= 11 is 1.77. The molecule has 0 radical (unpaired) electrons. The fourth-order valence-corrected chi connectivity index (χ4v) is 6.74. The minimum absolute atomic E-state index is 0.170. The molecule has 0 bridgehead atoms. The molecule has 34 heavy (non-hydrogen) atoms. The molecule has 10 heteroatoms. The molecule has 1 aromatic heterocycles. The van der Waals surface area contributed by atoms with E-state index in [2.05, 4.69) is 11.4 Å². The molecule has 5 rings (SSSR count). The number of carbonyl (C=O) groups excluding carboxylic acids is 1. The summed E-state index contributed by atoms with van der Waals surface area (Å²) in [5.74, 6) is 1.96. The first-order chi connectivity index (χ1) is 16.3. The van der Waals surface area contributed by atoms with Gasteiger partial charge in [0, 0.05) is 35.7 Å². The smallest absolute Gasteiger partial charge is 0.256 e. The third-order valence-electron chi connectivity index (χ3n) is 5.96. The van der Waals surface area contributed by atoms with Crippen molar-refractivity contribution >= 4 is 33.5 Å². The highest BCUT2D eigenvalue weighted by molar-refractivity contribution is 7.98. The van der Waals surface area contributed by atoms with E-state index in [-0.39, 0.29) is 10.8 Å². The Hall–Kier alpha value is -2.66. The molecule has 2 aromatic carbocycles. The van der Waals surface area contributed by atoms with E-state index in [4.69, 9.17) is 9.84 Å². The second-order valence-corrected chi connectivity index (χ2v) is 11.4. The predicted octanol–water partition coefficient (Wildman–Crippen LogP) is 3.51. The number of benzene rings is 2. The van der Waals surface area contributed by atoms with Crippen molar-refractivity contribution in [2.45, 2.75) is 30.2 Å². The van der Waals surface area contributed by atoms with Crippen molar-refractivity contribution in [3.63, 3.8) is 0 Å². The monoisotopic (exact) mass is 498 g/mol. The van der Waals surface area contributed by atoms with Crippen molar-refractivity contribution in [3.05, 3.63) is 70.4 Å². The van der Waals surface area contributed by atoms with E-state index >= 15 is 0 Å². The zero-order valence-electron chi connectivity index (χ0n) is 19.1. The third kappa shape index (κ3) is 4.38. The molecular formula is C24H26N4O4S2. The van der Waals surface area contributed by atoms with Gasteiger partial charge in [0.2, 0.25) is 10.0 Å². The SMILES string of the molecule is Cc1cc(C)cc(-n2nc3c(c2NC(=O)c2ccc(S(=O)(=O)N4CCOCC4)cc2)CSC3)c1. The van der Waals surface area contributed by atoms with Crippen LogP contribution in [0.5, 0.6) is 0 Å². The van der Waals surface area contributed by atoms with Crippen molar-refractivity contribution in [1.29, 1.82) is 0 Å². The van der Waals surface area contributed by atoms with Crippen molar-refractivity contribution in [3.8, 4) is 5.69 Å². The van der Waals surface area contributed by atoms with Crippen LogP contribution >= 0.6 is 11.8 Å². The molecule has 0 unspecified atom stereocenters. The standard InChI is InChI=1S/C24H26N4O4S2/c1-16-11-17(2)13-19(12-16)28-23(21-14-33-15-22(21)26-28)25-24(29)18-3-5-20(6-4-18)34(30,31)27-7-9-32-10-8-27/h3-6,11-13H,7-10,14-15H2,1-2H3,(H,25,29). The fraction of sp³-hybridized carbons (Fsp3) is 0.333. The number of sulfonamides is 1. The highest BCUT2D eigenvalue weighted by Crippen LogP contribution is 2.36. The zero-order valence-corrected chi connectivity index (χ0v) is 20.7. The molecule has 3 aromatic rings. The first kappa shape index (κ1) is 23.1. The molecule has 2 aliphatic rings. The molecule has 1 saturated heterocycles. The zero-order chi connectivity index (χ0) is 23.9. The van der Waals surface area contributed by atoms with Gasteiger partial charge in [-0.2, -0.15) is 21.2 Å². The van der Waals surface area contributed by atoms with Gasteiger partial charge in [0.15, 0.2) is 0 Å². The van der Waals surface area contributed by atoms with E-state index in [1.807, 2.05) is 26.0 Å². The van der Waals surface area contributed by atoms with Crippen molar-refractivity contribution in [2.75, 3.05) is 31.6 Å². The summed E-state index contributed by atoms with van der Waals surface area (Å²) in [5, 5.41) is 7.81. The van der Waals surface area contributed by atoms with E-state index in [1.165, 1.54) is 16.4 Å². The highest BCUT2D eigenvalue weighted by Gasteiger charge is 2.27. The van der Waals surface area contributed by atoms with Crippen molar-refractivity contribution in [1.82, 2.24) is 14.1 Å². The Labute approximate surface area is 203 Å². The van der Waals surface area contributed by atoms with Crippen LogP contribution in [0.1, 0.15) is 32.7 Å². The highest BCUT2D eigenvalue weighted by atomic mass is 32.2. The number of carbonyl (C=O) groups is 1. The average molecular weight is 499 g/mol. The Bertz CT molecular complexity index is 1320. The number of thioether (sulfide) groups is 1. The molecule has 2 aliphatic heterocycles. The molecule has 0 atom stereocenters. The number of nitrogens with one attached hydrogen (secondary N) is 1. The summed E-state index contributed by atoms with van der Waals surface area (Å²) in [6.07, 6.45) is 0. The first-order valence-electron chi connectivity index (χ1n) is 11.1. The molecule has 8 nitrogen and oxygen atoms in total. The van der Waals surface area contributed by atoms with E-state index in [0.29, 0.717) is 37.7 Å². The van der Waals surface area contributed by atoms with Crippen molar-refractivity contribution in [2.24, 2.45) is 0 Å². The first-order valence-corrected chi connectivity index (χ1v) is 13.7. The number of aromatic nitrogens is 2. The van der Waals surface area contributed by atoms with Crippen LogP contribution in [0, 0.1) is 13.8 Å². The quantitative estimate of drug-likeness (QED) is 0.579. The number of ether oxygens (including phenoxy) is 1. The van der Waals surface area contributed by atoms with Crippen LogP contribution in [0.25, 0.3) is 5.69 Å². The van der Waals surface area contributed by atoms with E-state index in [9.17, 15) is 13.2 Å². The number of aryl methyl sites for hydroxylation is 2. The normalized spacial score (nSPS) is 16.4. The van der Waals surface area contributed by atoms with Gasteiger partial charge in [-0.15, -0.1) is 0 Å². The predicted molar refractivity (Wildman–Crippen MR) is 132 cm³/mol. The molecule has 1 fully saturated rings. The summed E-state index contributed by atoms with van der Waals surface area (Å²) in [4.78, 5) is 13.3. The van der Waals surface area contributed by atoms with Gasteiger partial charge in [-0.25, -0.2) is 13.1 Å². The molecular weight excluding hydrogens is 472 g/mol. The number of nitrogens with zero attached hydrogens (tertiary/aromatic N) is 3. The van der Waals surface area contributed by atoms with Crippen LogP contribution in [0.4, 0.5) is 5.82 Å². The lowest BCUT2D eigenvalue weighted by Crippen LogP contribution is -2.40. The number of anilines is 1. The number of rotatable bonds is 5. The molecule has 0 saturated carbocycles. The topological polar surface area (TPSA) is 93.5 Å². The minimum atomic E-state index is -3.61. The number of amides is 1. The lowest BCUT2D eigenvalue weighted by Gasteiger charge is -2.26. The fourth-order valence-electron chi connectivity index (χ4n) is 4.30. The molecule has 1 amide bonds. The second kappa shape index (κ2) is 9.18. The Morgan fingerprint density at radius 2 is 1.71 bits per heavy atom. The maximum absolute atomic E-state index is 13.2. The number of hydrogen-bond donors (Lipinski definition) is 1. The summed E-state index contributed by atoms with van der Waals surface area (Å²) in [5.41, 5.74) is 5.53. The van der Waals surface area contributed by atoms with Gasteiger partial charge < -0.3 is 10.1 Å². The van der Waals surface area contributed by atoms with Gasteiger partial charge in [0.05, 0.1) is 29.5 Å². The Morgan fingerprint density at radius 1 is 1.03 bits per heavy atom. The summed E-state index contributed by atoms with van der Waals surface area (Å²) in [6.45, 7) is 5.50. The lowest BCUT2D eigenvalue weighted by molar-refractivity contribution is 0.0730. The van der Waals surface area contributed by atoms with Gasteiger partial charge in [0.1, 0.15) is 5.82 Å². The Morgan fingerprint density at radius 3 is 2.38 bits per heavy atom. The summed E-state index contributed by atoms with van der Waals surface area (Å²) in [6, 6.07) is 12.3. The van der Waals surface area contributed by atoms with Gasteiger partial charge in [-0.1, -0.05) is 6.07 Å². The maximum Gasteiger partial charge on any atom is 0.256 e. The van der Waals surface area contributed by atoms with Crippen LogP contribution in [0.15, 0.2) is 47.4 Å². The Balaban J connectivity index is 1.42. The largest absolute Gasteiger partial charge is 0.379 e. The summed E-state index contributed by atoms with van der Waals surface area (Å²) < 4.78 is 34.2. The van der Waals surface area contributed by atoms with Gasteiger partial charge >= 0.3 is 0 Å². The van der Waals surface area contributed by atoms with E-state index in [1.54, 1.807) is 28.6 Å². The minimum Gasteiger partial charge on any atom is -0.379 e. The number of fused-ring (bicyclic) bond motifs is 1. The van der Waals surface area contributed by atoms with E-state index < -0.39 is 10.0 Å². The molecule has 178 valence electrons. The molecule has 0 spiro atoms. The number of hydrogen-bond acceptors (Lipinski definition) is 6. The van der Waals surface area contributed by atoms with Crippen molar-refractivity contribution < 1.29 is 17.9 Å². The second-order valence-electron chi connectivity index (χ2n) is 8.52. The Kier molecular flexibility index (Phi) is 6.24. The third-order valence-corrected chi connectivity index (χ3v) is 8.84. The van der Waals surface area contributed by atoms with Gasteiger partial charge in [-0.05, 0) is 61.4 Å². The summed E-state index contributed by atoms with van der Waals surface area (Å²) in [7, 11) is -3.61. The van der Waals surface area contributed by atoms with Crippen LogP contribution in [-0.2, 0) is 26.3 Å². The van der Waals surface area contributed by atoms with Crippen LogP contribution in [0.2, 0.25) is 0 Å². The van der Waals surface area contributed by atoms with Gasteiger partial charge in [0.25, 0.3) is 5.91 Å².